The lowest BCUT2D eigenvalue weighted by Crippen LogP contribution is -2.21. The van der Waals surface area contributed by atoms with Gasteiger partial charge in [-0.3, -0.25) is 4.72 Å². The van der Waals surface area contributed by atoms with Crippen molar-refractivity contribution in [1.82, 2.24) is 0 Å². The number of ether oxygens (including phenoxy) is 1. The maximum atomic E-state index is 11.6. The summed E-state index contributed by atoms with van der Waals surface area (Å²) in [5.41, 5.74) is 5.78. The summed E-state index contributed by atoms with van der Waals surface area (Å²) in [5, 5.41) is 0. The van der Waals surface area contributed by atoms with Gasteiger partial charge in [-0.1, -0.05) is 0 Å². The molecule has 1 aromatic carbocycles. The highest BCUT2D eigenvalue weighted by molar-refractivity contribution is 14.1. The average molecular weight is 370 g/mol. The summed E-state index contributed by atoms with van der Waals surface area (Å²) < 4.78 is 31.8. The highest BCUT2D eigenvalue weighted by Crippen LogP contribution is 2.12. The topological polar surface area (TPSA) is 81.4 Å². The second-order valence-electron chi connectivity index (χ2n) is 3.33. The van der Waals surface area contributed by atoms with Gasteiger partial charge >= 0.3 is 0 Å². The molecule has 0 amide bonds. The third-order valence-corrected chi connectivity index (χ3v) is 3.85. The molecule has 5 nitrogen and oxygen atoms in total. The van der Waals surface area contributed by atoms with E-state index in [-0.39, 0.29) is 12.4 Å². The number of nitrogens with two attached hydrogens (primary N) is 1. The van der Waals surface area contributed by atoms with Crippen LogP contribution in [0.1, 0.15) is 0 Å². The van der Waals surface area contributed by atoms with E-state index < -0.39 is 10.0 Å². The van der Waals surface area contributed by atoms with Crippen LogP contribution >= 0.6 is 22.6 Å². The average Bonchev–Trinajstić information content (AvgIpc) is 2.27. The Hall–Kier alpha value is -0.380. The monoisotopic (exact) mass is 370 g/mol. The molecule has 1 aromatic rings. The normalized spacial score (nSPS) is 11.4. The van der Waals surface area contributed by atoms with Gasteiger partial charge < -0.3 is 10.5 Å². The van der Waals surface area contributed by atoms with Gasteiger partial charge in [0.1, 0.15) is 0 Å². The number of nitrogens with one attached hydrogen (secondary N) is 1. The molecule has 96 valence electrons. The Labute approximate surface area is 115 Å². The van der Waals surface area contributed by atoms with Crippen LogP contribution in [-0.2, 0) is 14.8 Å². The zero-order valence-electron chi connectivity index (χ0n) is 9.23. The van der Waals surface area contributed by atoms with Crippen molar-refractivity contribution >= 4 is 38.3 Å². The Morgan fingerprint density at radius 2 is 1.88 bits per heavy atom. The minimum Gasteiger partial charge on any atom is -0.379 e. The zero-order valence-corrected chi connectivity index (χ0v) is 12.2. The van der Waals surface area contributed by atoms with Crippen LogP contribution in [0.2, 0.25) is 0 Å². The van der Waals surface area contributed by atoms with E-state index in [4.69, 9.17) is 10.5 Å². The molecule has 0 heterocycles. The number of hydrogen-bond donors (Lipinski definition) is 2. The van der Waals surface area contributed by atoms with Crippen molar-refractivity contribution < 1.29 is 13.2 Å². The SMILES string of the molecule is NCCOCCS(=O)(=O)Nc1ccc(I)cc1. The highest BCUT2D eigenvalue weighted by atomic mass is 127. The Morgan fingerprint density at radius 1 is 1.24 bits per heavy atom. The van der Waals surface area contributed by atoms with Crippen LogP contribution in [0.5, 0.6) is 0 Å². The first-order valence-corrected chi connectivity index (χ1v) is 7.80. The van der Waals surface area contributed by atoms with Gasteiger partial charge in [-0.25, -0.2) is 8.42 Å². The van der Waals surface area contributed by atoms with E-state index in [9.17, 15) is 8.42 Å². The summed E-state index contributed by atoms with van der Waals surface area (Å²) >= 11 is 2.16. The summed E-state index contributed by atoms with van der Waals surface area (Å²) in [6.07, 6.45) is 0. The van der Waals surface area contributed by atoms with E-state index in [2.05, 4.69) is 27.3 Å². The van der Waals surface area contributed by atoms with Crippen LogP contribution in [0.4, 0.5) is 5.69 Å². The predicted octanol–water partition coefficient (Wildman–Crippen LogP) is 1.01. The lowest BCUT2D eigenvalue weighted by atomic mass is 10.3. The number of sulfonamides is 1. The van der Waals surface area contributed by atoms with Crippen LogP contribution in [0.25, 0.3) is 0 Å². The van der Waals surface area contributed by atoms with Gasteiger partial charge in [0.25, 0.3) is 0 Å². The maximum Gasteiger partial charge on any atom is 0.234 e. The summed E-state index contributed by atoms with van der Waals surface area (Å²) in [6.45, 7) is 0.917. The molecule has 0 saturated carbocycles. The molecule has 0 aromatic heterocycles. The number of anilines is 1. The van der Waals surface area contributed by atoms with Crippen molar-refractivity contribution in [1.29, 1.82) is 0 Å². The Bertz CT molecular complexity index is 433. The summed E-state index contributed by atoms with van der Waals surface area (Å²) in [7, 11) is -3.35. The Balaban J connectivity index is 2.46. The molecular weight excluding hydrogens is 355 g/mol. The Morgan fingerprint density at radius 3 is 2.47 bits per heavy atom. The van der Waals surface area contributed by atoms with E-state index in [0.29, 0.717) is 18.8 Å². The molecule has 1 rings (SSSR count). The first kappa shape index (κ1) is 14.7. The van der Waals surface area contributed by atoms with Crippen LogP contribution in [-0.4, -0.2) is 33.9 Å². The van der Waals surface area contributed by atoms with Crippen LogP contribution < -0.4 is 10.5 Å². The van der Waals surface area contributed by atoms with Crippen molar-refractivity contribution in [2.24, 2.45) is 5.73 Å². The minimum atomic E-state index is -3.35. The van der Waals surface area contributed by atoms with Gasteiger partial charge in [0.05, 0.1) is 19.0 Å². The third-order valence-electron chi connectivity index (χ3n) is 1.88. The lowest BCUT2D eigenvalue weighted by Gasteiger charge is -2.08. The Kier molecular flexibility index (Phi) is 6.17. The predicted molar refractivity (Wildman–Crippen MR) is 76.4 cm³/mol. The minimum absolute atomic E-state index is 0.0704. The van der Waals surface area contributed by atoms with E-state index in [1.807, 2.05) is 12.1 Å². The molecule has 3 N–H and O–H groups in total. The molecule has 0 aliphatic rings. The zero-order chi connectivity index (χ0) is 12.7. The second kappa shape index (κ2) is 7.14. The number of hydrogen-bond acceptors (Lipinski definition) is 4. The van der Waals surface area contributed by atoms with Crippen molar-refractivity contribution in [3.05, 3.63) is 27.8 Å². The first-order valence-electron chi connectivity index (χ1n) is 5.07. The molecular formula is C10H15IN2O3S. The van der Waals surface area contributed by atoms with Crippen LogP contribution in [0, 0.1) is 3.57 Å². The highest BCUT2D eigenvalue weighted by Gasteiger charge is 2.09. The molecule has 0 atom stereocenters. The van der Waals surface area contributed by atoms with Gasteiger partial charge in [0.2, 0.25) is 10.0 Å². The number of benzene rings is 1. The molecule has 0 unspecified atom stereocenters. The number of rotatable bonds is 7. The number of halogens is 1. The molecule has 0 aliphatic carbocycles. The lowest BCUT2D eigenvalue weighted by molar-refractivity contribution is 0.157. The van der Waals surface area contributed by atoms with Crippen LogP contribution in [0.15, 0.2) is 24.3 Å². The molecule has 17 heavy (non-hydrogen) atoms. The van der Waals surface area contributed by atoms with Gasteiger partial charge in [-0.15, -0.1) is 0 Å². The molecule has 0 saturated heterocycles. The molecule has 0 spiro atoms. The largest absolute Gasteiger partial charge is 0.379 e. The van der Waals surface area contributed by atoms with Gasteiger partial charge in [-0.2, -0.15) is 0 Å². The van der Waals surface area contributed by atoms with E-state index in [0.717, 1.165) is 3.57 Å². The molecule has 0 radical (unpaired) electrons. The van der Waals surface area contributed by atoms with Crippen molar-refractivity contribution in [3.63, 3.8) is 0 Å². The summed E-state index contributed by atoms with van der Waals surface area (Å²) in [6, 6.07) is 7.12. The first-order chi connectivity index (χ1) is 8.03. The second-order valence-corrected chi connectivity index (χ2v) is 6.42. The van der Waals surface area contributed by atoms with Crippen molar-refractivity contribution in [2.45, 2.75) is 0 Å². The summed E-state index contributed by atoms with van der Waals surface area (Å²) in [4.78, 5) is 0. The standard InChI is InChI=1S/C10H15IN2O3S/c11-9-1-3-10(4-2-9)13-17(14,15)8-7-16-6-5-12/h1-4,13H,5-8,12H2. The maximum absolute atomic E-state index is 11.6. The van der Waals surface area contributed by atoms with Crippen LogP contribution in [0.3, 0.4) is 0 Å². The molecule has 7 heteroatoms. The quantitative estimate of drug-likeness (QED) is 0.555. The van der Waals surface area contributed by atoms with E-state index in [1.54, 1.807) is 12.1 Å². The smallest absolute Gasteiger partial charge is 0.234 e. The van der Waals surface area contributed by atoms with Gasteiger partial charge in [0, 0.05) is 15.8 Å². The fourth-order valence-electron chi connectivity index (χ4n) is 1.10. The molecule has 0 fully saturated rings. The fraction of sp³-hybridized carbons (Fsp3) is 0.400. The molecule has 0 aliphatic heterocycles. The summed E-state index contributed by atoms with van der Waals surface area (Å²) in [5.74, 6) is -0.0704. The molecule has 0 bridgehead atoms. The van der Waals surface area contributed by atoms with Crippen molar-refractivity contribution in [2.75, 3.05) is 30.2 Å². The van der Waals surface area contributed by atoms with Crippen molar-refractivity contribution in [3.8, 4) is 0 Å². The van der Waals surface area contributed by atoms with Gasteiger partial charge in [0.15, 0.2) is 0 Å². The third kappa shape index (κ3) is 6.20. The fourth-order valence-corrected chi connectivity index (χ4v) is 2.40. The van der Waals surface area contributed by atoms with E-state index >= 15 is 0 Å². The van der Waals surface area contributed by atoms with Gasteiger partial charge in [-0.05, 0) is 46.9 Å². The van der Waals surface area contributed by atoms with E-state index in [1.165, 1.54) is 0 Å².